The van der Waals surface area contributed by atoms with Gasteiger partial charge in [0.05, 0.1) is 6.61 Å². The zero-order chi connectivity index (χ0) is 15.2. The van der Waals surface area contributed by atoms with Crippen LogP contribution in [-0.4, -0.2) is 23.1 Å². The van der Waals surface area contributed by atoms with E-state index in [1.807, 2.05) is 6.92 Å². The summed E-state index contributed by atoms with van der Waals surface area (Å²) in [6.45, 7) is 7.68. The molecular weight excluding hydrogens is 264 g/mol. The van der Waals surface area contributed by atoms with E-state index in [4.69, 9.17) is 10.5 Å². The Morgan fingerprint density at radius 2 is 1.95 bits per heavy atom. The van der Waals surface area contributed by atoms with Crippen molar-refractivity contribution in [1.82, 2.24) is 9.97 Å². The van der Waals surface area contributed by atoms with Gasteiger partial charge < -0.3 is 15.8 Å². The molecule has 5 heteroatoms. The third-order valence-corrected chi connectivity index (χ3v) is 3.80. The average Bonchev–Trinajstić information content (AvgIpc) is 2.49. The summed E-state index contributed by atoms with van der Waals surface area (Å²) in [7, 11) is 0. The van der Waals surface area contributed by atoms with Gasteiger partial charge in [-0.2, -0.15) is 4.98 Å². The number of aromatic nitrogens is 2. The van der Waals surface area contributed by atoms with Crippen molar-refractivity contribution in [2.75, 3.05) is 24.2 Å². The molecule has 1 aliphatic carbocycles. The third kappa shape index (κ3) is 4.22. The summed E-state index contributed by atoms with van der Waals surface area (Å²) in [5.41, 5.74) is 6.67. The lowest BCUT2D eigenvalue weighted by Gasteiger charge is -2.22. The van der Waals surface area contributed by atoms with Gasteiger partial charge in [0.2, 0.25) is 5.88 Å². The van der Waals surface area contributed by atoms with Crippen molar-refractivity contribution in [3.8, 4) is 5.88 Å². The molecule has 0 aliphatic heterocycles. The zero-order valence-corrected chi connectivity index (χ0v) is 13.5. The highest BCUT2D eigenvalue weighted by molar-refractivity contribution is 5.67. The van der Waals surface area contributed by atoms with E-state index in [-0.39, 0.29) is 0 Å². The average molecular weight is 292 g/mol. The number of hydrogen-bond acceptors (Lipinski definition) is 5. The van der Waals surface area contributed by atoms with Crippen LogP contribution in [0, 0.1) is 5.92 Å². The molecule has 0 saturated heterocycles. The second-order valence-corrected chi connectivity index (χ2v) is 6.22. The number of nitrogens with zero attached hydrogens (tertiary/aromatic N) is 2. The van der Waals surface area contributed by atoms with E-state index in [0.717, 1.165) is 12.4 Å². The van der Waals surface area contributed by atoms with E-state index in [1.54, 1.807) is 0 Å². The highest BCUT2D eigenvalue weighted by Gasteiger charge is 2.22. The molecule has 118 valence electrons. The number of ether oxygens (including phenoxy) is 1. The molecule has 21 heavy (non-hydrogen) atoms. The lowest BCUT2D eigenvalue weighted by Crippen LogP contribution is -2.15. The fraction of sp³-hybridized carbons (Fsp3) is 0.750. The van der Waals surface area contributed by atoms with E-state index in [1.165, 1.54) is 32.1 Å². The number of hydrogen-bond donors (Lipinski definition) is 2. The van der Waals surface area contributed by atoms with Crippen molar-refractivity contribution in [3.05, 3.63) is 5.82 Å². The predicted molar refractivity (Wildman–Crippen MR) is 86.8 cm³/mol. The van der Waals surface area contributed by atoms with Gasteiger partial charge >= 0.3 is 0 Å². The molecule has 0 radical (unpaired) electrons. The Balaban J connectivity index is 2.26. The highest BCUT2D eigenvalue weighted by atomic mass is 16.5. The van der Waals surface area contributed by atoms with Gasteiger partial charge in [0.15, 0.2) is 5.82 Å². The lowest BCUT2D eigenvalue weighted by molar-refractivity contribution is 0.260. The van der Waals surface area contributed by atoms with Gasteiger partial charge in [-0.3, -0.25) is 0 Å². The number of nitrogen functional groups attached to an aromatic ring is 1. The van der Waals surface area contributed by atoms with Crippen LogP contribution in [0.5, 0.6) is 5.88 Å². The zero-order valence-electron chi connectivity index (χ0n) is 13.5. The van der Waals surface area contributed by atoms with Crippen LogP contribution in [0.25, 0.3) is 0 Å². The first kappa shape index (κ1) is 15.9. The van der Waals surface area contributed by atoms with Crippen molar-refractivity contribution < 1.29 is 4.74 Å². The molecule has 2 rings (SSSR count). The van der Waals surface area contributed by atoms with Crippen molar-refractivity contribution in [2.24, 2.45) is 5.92 Å². The fourth-order valence-electron chi connectivity index (χ4n) is 2.67. The summed E-state index contributed by atoms with van der Waals surface area (Å²) >= 11 is 0. The summed E-state index contributed by atoms with van der Waals surface area (Å²) < 4.78 is 5.80. The molecule has 0 spiro atoms. The Kier molecular flexibility index (Phi) is 5.65. The van der Waals surface area contributed by atoms with E-state index in [0.29, 0.717) is 35.8 Å². The lowest BCUT2D eigenvalue weighted by atomic mass is 9.88. The molecule has 0 aromatic carbocycles. The molecule has 0 atom stereocenters. The van der Waals surface area contributed by atoms with Crippen LogP contribution in [-0.2, 0) is 0 Å². The molecule has 1 heterocycles. The molecule has 0 bridgehead atoms. The highest BCUT2D eigenvalue weighted by Crippen LogP contribution is 2.35. The van der Waals surface area contributed by atoms with Gasteiger partial charge in [-0.1, -0.05) is 33.1 Å². The maximum absolute atomic E-state index is 6.14. The van der Waals surface area contributed by atoms with Gasteiger partial charge in [-0.25, -0.2) is 4.98 Å². The maximum Gasteiger partial charge on any atom is 0.242 e. The Morgan fingerprint density at radius 3 is 2.57 bits per heavy atom. The van der Waals surface area contributed by atoms with Gasteiger partial charge in [-0.15, -0.1) is 0 Å². The number of rotatable bonds is 6. The van der Waals surface area contributed by atoms with E-state index in [9.17, 15) is 0 Å². The quantitative estimate of drug-likeness (QED) is 0.838. The van der Waals surface area contributed by atoms with Crippen LogP contribution in [0.15, 0.2) is 0 Å². The molecule has 1 aromatic heterocycles. The molecule has 5 nitrogen and oxygen atoms in total. The fourth-order valence-corrected chi connectivity index (χ4v) is 2.67. The minimum Gasteiger partial charge on any atom is -0.476 e. The van der Waals surface area contributed by atoms with E-state index >= 15 is 0 Å². The van der Waals surface area contributed by atoms with Gasteiger partial charge in [0.1, 0.15) is 11.5 Å². The topological polar surface area (TPSA) is 73.1 Å². The number of anilines is 2. The minimum absolute atomic E-state index is 0.443. The van der Waals surface area contributed by atoms with Gasteiger partial charge in [0.25, 0.3) is 0 Å². The normalized spacial score (nSPS) is 16.2. The summed E-state index contributed by atoms with van der Waals surface area (Å²) in [4.78, 5) is 9.26. The second-order valence-electron chi connectivity index (χ2n) is 6.22. The smallest absolute Gasteiger partial charge is 0.242 e. The monoisotopic (exact) mass is 292 g/mol. The summed E-state index contributed by atoms with van der Waals surface area (Å²) in [6.07, 6.45) is 6.18. The maximum atomic E-state index is 6.14. The van der Waals surface area contributed by atoms with Crippen molar-refractivity contribution in [2.45, 2.75) is 58.8 Å². The van der Waals surface area contributed by atoms with Gasteiger partial charge in [0, 0.05) is 12.5 Å². The molecule has 1 aliphatic rings. The first-order valence-electron chi connectivity index (χ1n) is 8.15. The van der Waals surface area contributed by atoms with Crippen molar-refractivity contribution >= 4 is 11.5 Å². The Hall–Kier alpha value is -1.52. The van der Waals surface area contributed by atoms with E-state index in [2.05, 4.69) is 29.1 Å². The number of nitrogens with one attached hydrogen (secondary N) is 1. The third-order valence-electron chi connectivity index (χ3n) is 3.80. The first-order valence-corrected chi connectivity index (χ1v) is 8.15. The second kappa shape index (κ2) is 7.48. The largest absolute Gasteiger partial charge is 0.476 e. The molecule has 1 aromatic rings. The Bertz CT molecular complexity index is 456. The van der Waals surface area contributed by atoms with Crippen LogP contribution in [0.4, 0.5) is 11.5 Å². The summed E-state index contributed by atoms with van der Waals surface area (Å²) in [5, 5.41) is 3.23. The van der Waals surface area contributed by atoms with Crippen LogP contribution >= 0.6 is 0 Å². The molecule has 0 amide bonds. The molecule has 0 unspecified atom stereocenters. The Morgan fingerprint density at radius 1 is 1.24 bits per heavy atom. The first-order chi connectivity index (χ1) is 10.1. The van der Waals surface area contributed by atoms with E-state index < -0.39 is 0 Å². The predicted octanol–water partition coefficient (Wildman–Crippen LogP) is 3.57. The van der Waals surface area contributed by atoms with Gasteiger partial charge in [-0.05, 0) is 25.7 Å². The van der Waals surface area contributed by atoms with Crippen LogP contribution in [0.3, 0.4) is 0 Å². The summed E-state index contributed by atoms with van der Waals surface area (Å²) in [5.74, 6) is 3.03. The Labute approximate surface area is 127 Å². The standard InChI is InChI=1S/C16H28N4O/c1-4-18-15-13(17)16(21-10-11(2)3)20-14(19-15)12-8-6-5-7-9-12/h11-12H,4-10,17H2,1-3H3,(H,18,19,20). The number of nitrogens with two attached hydrogens (primary N) is 1. The SMILES string of the molecule is CCNc1nc(C2CCCCC2)nc(OCC(C)C)c1N. The van der Waals surface area contributed by atoms with Crippen LogP contribution in [0.2, 0.25) is 0 Å². The molecule has 1 saturated carbocycles. The van der Waals surface area contributed by atoms with Crippen molar-refractivity contribution in [1.29, 1.82) is 0 Å². The summed E-state index contributed by atoms with van der Waals surface area (Å²) in [6, 6.07) is 0. The molecule has 1 fully saturated rings. The van der Waals surface area contributed by atoms with Crippen LogP contribution < -0.4 is 15.8 Å². The van der Waals surface area contributed by atoms with Crippen LogP contribution in [0.1, 0.15) is 64.6 Å². The van der Waals surface area contributed by atoms with Crippen molar-refractivity contribution in [3.63, 3.8) is 0 Å². The molecular formula is C16H28N4O. The minimum atomic E-state index is 0.443. The molecule has 3 N–H and O–H groups in total.